The molecule has 0 bridgehead atoms. The Morgan fingerprint density at radius 3 is 2.62 bits per heavy atom. The van der Waals surface area contributed by atoms with E-state index in [0.717, 1.165) is 17.5 Å². The Morgan fingerprint density at radius 2 is 1.91 bits per heavy atom. The SMILES string of the molecule is COCCCNC(=O)[C@]1(C/C=C/c2ccccc2)N=C(c2ccc(OCCCO)cc2)O[C@@H]1C. The lowest BCUT2D eigenvalue weighted by Gasteiger charge is -2.27. The highest BCUT2D eigenvalue weighted by Gasteiger charge is 2.49. The maximum Gasteiger partial charge on any atom is 0.252 e. The van der Waals surface area contributed by atoms with E-state index in [0.29, 0.717) is 44.2 Å². The largest absolute Gasteiger partial charge is 0.494 e. The number of aliphatic imine (C=N–C) groups is 1. The molecule has 0 aliphatic carbocycles. The van der Waals surface area contributed by atoms with Gasteiger partial charge in [0.15, 0.2) is 5.54 Å². The summed E-state index contributed by atoms with van der Waals surface area (Å²) in [6, 6.07) is 17.4. The predicted molar refractivity (Wildman–Crippen MR) is 133 cm³/mol. The van der Waals surface area contributed by atoms with Crippen LogP contribution in [-0.2, 0) is 14.3 Å². The Kier molecular flexibility index (Phi) is 9.67. The summed E-state index contributed by atoms with van der Waals surface area (Å²) in [7, 11) is 1.64. The molecule has 0 fully saturated rings. The highest BCUT2D eigenvalue weighted by molar-refractivity contribution is 6.00. The monoisotopic (exact) mass is 466 g/mol. The molecule has 1 aliphatic heterocycles. The van der Waals surface area contributed by atoms with E-state index in [2.05, 4.69) is 5.32 Å². The van der Waals surface area contributed by atoms with Gasteiger partial charge in [0.05, 0.1) is 6.61 Å². The van der Waals surface area contributed by atoms with Gasteiger partial charge in [-0.15, -0.1) is 0 Å². The molecular weight excluding hydrogens is 432 g/mol. The van der Waals surface area contributed by atoms with Crippen molar-refractivity contribution in [2.45, 2.75) is 37.8 Å². The van der Waals surface area contributed by atoms with Crippen LogP contribution in [-0.4, -0.2) is 62.0 Å². The molecule has 2 N–H and O–H groups in total. The van der Waals surface area contributed by atoms with Crippen LogP contribution < -0.4 is 10.1 Å². The number of amides is 1. The molecule has 1 aliphatic rings. The van der Waals surface area contributed by atoms with Gasteiger partial charge >= 0.3 is 0 Å². The van der Waals surface area contributed by atoms with Crippen molar-refractivity contribution in [2.75, 3.05) is 33.5 Å². The molecule has 0 saturated carbocycles. The summed E-state index contributed by atoms with van der Waals surface area (Å²) >= 11 is 0. The number of ether oxygens (including phenoxy) is 3. The minimum Gasteiger partial charge on any atom is -0.494 e. The van der Waals surface area contributed by atoms with Crippen LogP contribution in [0.3, 0.4) is 0 Å². The first-order chi connectivity index (χ1) is 16.6. The molecule has 182 valence electrons. The van der Waals surface area contributed by atoms with Crippen LogP contribution in [0.25, 0.3) is 6.08 Å². The van der Waals surface area contributed by atoms with E-state index in [-0.39, 0.29) is 12.5 Å². The lowest BCUT2D eigenvalue weighted by atomic mass is 9.89. The molecule has 7 nitrogen and oxygen atoms in total. The van der Waals surface area contributed by atoms with Gasteiger partial charge in [-0.3, -0.25) is 4.79 Å². The number of carbonyl (C=O) groups is 1. The minimum absolute atomic E-state index is 0.0922. The van der Waals surface area contributed by atoms with Gasteiger partial charge in [-0.25, -0.2) is 4.99 Å². The van der Waals surface area contributed by atoms with Crippen LogP contribution in [0.1, 0.15) is 37.3 Å². The predicted octanol–water partition coefficient (Wildman–Crippen LogP) is 3.61. The van der Waals surface area contributed by atoms with Gasteiger partial charge in [-0.05, 0) is 43.2 Å². The third-order valence-electron chi connectivity index (χ3n) is 5.68. The Labute approximate surface area is 201 Å². The van der Waals surface area contributed by atoms with Gasteiger partial charge in [0.25, 0.3) is 5.91 Å². The van der Waals surface area contributed by atoms with Gasteiger partial charge in [-0.2, -0.15) is 0 Å². The van der Waals surface area contributed by atoms with Gasteiger partial charge in [0.2, 0.25) is 5.90 Å². The first kappa shape index (κ1) is 25.5. The van der Waals surface area contributed by atoms with E-state index in [4.69, 9.17) is 24.3 Å². The standard InChI is InChI=1S/C27H34N2O5/c1-21-27(26(31)28-17-7-19-32-2,16-6-11-22-9-4-3-5-10-22)29-25(34-21)23-12-14-24(15-13-23)33-20-8-18-30/h3-6,9-15,21,30H,7-8,16-20H2,1-2H3,(H,28,31)/b11-6+/t21-,27-/m1/s1. The molecule has 0 saturated heterocycles. The summed E-state index contributed by atoms with van der Waals surface area (Å²) in [5.41, 5.74) is 0.775. The van der Waals surface area contributed by atoms with E-state index in [1.165, 1.54) is 0 Å². The van der Waals surface area contributed by atoms with E-state index < -0.39 is 11.6 Å². The maximum atomic E-state index is 13.3. The van der Waals surface area contributed by atoms with Crippen molar-refractivity contribution in [1.29, 1.82) is 0 Å². The highest BCUT2D eigenvalue weighted by Crippen LogP contribution is 2.33. The minimum atomic E-state index is -1.07. The first-order valence-electron chi connectivity index (χ1n) is 11.7. The van der Waals surface area contributed by atoms with Gasteiger partial charge < -0.3 is 24.6 Å². The summed E-state index contributed by atoms with van der Waals surface area (Å²) in [6.45, 7) is 3.51. The van der Waals surface area contributed by atoms with Crippen molar-refractivity contribution < 1.29 is 24.1 Å². The molecule has 7 heteroatoms. The van der Waals surface area contributed by atoms with Gasteiger partial charge in [0.1, 0.15) is 11.9 Å². The Morgan fingerprint density at radius 1 is 1.15 bits per heavy atom. The van der Waals surface area contributed by atoms with Crippen LogP contribution >= 0.6 is 0 Å². The van der Waals surface area contributed by atoms with Crippen LogP contribution in [0, 0.1) is 0 Å². The molecule has 0 unspecified atom stereocenters. The molecule has 0 radical (unpaired) electrons. The zero-order valence-corrected chi connectivity index (χ0v) is 19.9. The van der Waals surface area contributed by atoms with Crippen molar-refractivity contribution in [2.24, 2.45) is 4.99 Å². The second kappa shape index (κ2) is 12.9. The van der Waals surface area contributed by atoms with Crippen molar-refractivity contribution in [3.05, 3.63) is 71.8 Å². The number of aliphatic hydroxyl groups excluding tert-OH is 1. The molecular formula is C27H34N2O5. The zero-order valence-electron chi connectivity index (χ0n) is 19.9. The molecule has 3 rings (SSSR count). The Balaban J connectivity index is 1.80. The third kappa shape index (κ3) is 6.68. The number of hydrogen-bond donors (Lipinski definition) is 2. The van der Waals surface area contributed by atoms with Crippen molar-refractivity contribution >= 4 is 17.9 Å². The topological polar surface area (TPSA) is 89.4 Å². The zero-order chi connectivity index (χ0) is 24.2. The molecule has 1 amide bonds. The fourth-order valence-electron chi connectivity index (χ4n) is 3.69. The summed E-state index contributed by atoms with van der Waals surface area (Å²) in [6.07, 6.45) is 5.25. The van der Waals surface area contributed by atoms with E-state index in [1.54, 1.807) is 7.11 Å². The second-order valence-corrected chi connectivity index (χ2v) is 8.17. The summed E-state index contributed by atoms with van der Waals surface area (Å²) in [5.74, 6) is 0.985. The molecule has 34 heavy (non-hydrogen) atoms. The van der Waals surface area contributed by atoms with Crippen LogP contribution in [0.2, 0.25) is 0 Å². The van der Waals surface area contributed by atoms with Crippen molar-refractivity contribution in [3.8, 4) is 5.75 Å². The smallest absolute Gasteiger partial charge is 0.252 e. The second-order valence-electron chi connectivity index (χ2n) is 8.17. The van der Waals surface area contributed by atoms with Gasteiger partial charge in [-0.1, -0.05) is 42.5 Å². The average Bonchev–Trinajstić information content (AvgIpc) is 3.20. The number of hydrogen-bond acceptors (Lipinski definition) is 6. The normalized spacial score (nSPS) is 19.6. The van der Waals surface area contributed by atoms with E-state index >= 15 is 0 Å². The van der Waals surface area contributed by atoms with E-state index in [9.17, 15) is 4.79 Å². The number of nitrogens with zero attached hydrogens (tertiary/aromatic N) is 1. The fraction of sp³-hybridized carbons (Fsp3) is 0.407. The molecule has 1 heterocycles. The summed E-state index contributed by atoms with van der Waals surface area (Å²) in [5, 5.41) is 11.9. The Bertz CT molecular complexity index is 959. The number of carbonyl (C=O) groups excluding carboxylic acids is 1. The lowest BCUT2D eigenvalue weighted by molar-refractivity contribution is -0.128. The number of benzene rings is 2. The Hall–Kier alpha value is -3.16. The summed E-state index contributed by atoms with van der Waals surface area (Å²) < 4.78 is 16.8. The lowest BCUT2D eigenvalue weighted by Crippen LogP contribution is -2.51. The first-order valence-corrected chi connectivity index (χ1v) is 11.7. The van der Waals surface area contributed by atoms with Crippen LogP contribution in [0.4, 0.5) is 0 Å². The maximum absolute atomic E-state index is 13.3. The molecule has 2 atom stereocenters. The molecule has 0 aromatic heterocycles. The average molecular weight is 467 g/mol. The fourth-order valence-corrected chi connectivity index (χ4v) is 3.69. The van der Waals surface area contributed by atoms with Crippen molar-refractivity contribution in [1.82, 2.24) is 5.32 Å². The molecule has 0 spiro atoms. The van der Waals surface area contributed by atoms with Crippen LogP contribution in [0.15, 0.2) is 65.7 Å². The van der Waals surface area contributed by atoms with Crippen molar-refractivity contribution in [3.63, 3.8) is 0 Å². The van der Waals surface area contributed by atoms with E-state index in [1.807, 2.05) is 73.7 Å². The quantitative estimate of drug-likeness (QED) is 0.440. The number of aliphatic hydroxyl groups is 1. The van der Waals surface area contributed by atoms with Crippen LogP contribution in [0.5, 0.6) is 5.75 Å². The number of nitrogens with one attached hydrogen (secondary N) is 1. The number of rotatable bonds is 13. The number of methoxy groups -OCH3 is 1. The highest BCUT2D eigenvalue weighted by atomic mass is 16.5. The third-order valence-corrected chi connectivity index (χ3v) is 5.68. The van der Waals surface area contributed by atoms with Gasteiger partial charge in [0, 0.05) is 45.3 Å². The molecule has 2 aromatic rings. The summed E-state index contributed by atoms with van der Waals surface area (Å²) in [4.78, 5) is 18.2. The molecule has 2 aromatic carbocycles.